The summed E-state index contributed by atoms with van der Waals surface area (Å²) in [7, 11) is 0. The average molecular weight is 203 g/mol. The highest BCUT2D eigenvalue weighted by molar-refractivity contribution is 4.80. The SMILES string of the molecule is FC1(F)CCC(CNCC2CC2)CC1. The smallest absolute Gasteiger partial charge is 0.248 e. The highest BCUT2D eigenvalue weighted by Crippen LogP contribution is 2.36. The van der Waals surface area contributed by atoms with Crippen molar-refractivity contribution in [2.24, 2.45) is 11.8 Å². The Hall–Kier alpha value is -0.180. The van der Waals surface area contributed by atoms with Gasteiger partial charge in [-0.25, -0.2) is 8.78 Å². The summed E-state index contributed by atoms with van der Waals surface area (Å²) in [5.41, 5.74) is 0. The fraction of sp³-hybridized carbons (Fsp3) is 1.00. The van der Waals surface area contributed by atoms with Crippen molar-refractivity contribution in [3.05, 3.63) is 0 Å². The Kier molecular flexibility index (Phi) is 3.05. The average Bonchev–Trinajstić information content (AvgIpc) is 2.92. The van der Waals surface area contributed by atoms with E-state index in [1.807, 2.05) is 0 Å². The summed E-state index contributed by atoms with van der Waals surface area (Å²) in [5.74, 6) is -0.985. The predicted octanol–water partition coefficient (Wildman–Crippen LogP) is 2.81. The highest BCUT2D eigenvalue weighted by atomic mass is 19.3. The van der Waals surface area contributed by atoms with E-state index in [9.17, 15) is 8.78 Å². The van der Waals surface area contributed by atoms with Crippen molar-refractivity contribution in [1.29, 1.82) is 0 Å². The van der Waals surface area contributed by atoms with E-state index in [0.717, 1.165) is 19.0 Å². The molecule has 2 saturated carbocycles. The third-order valence-corrected chi connectivity index (χ3v) is 3.40. The van der Waals surface area contributed by atoms with E-state index < -0.39 is 5.92 Å². The summed E-state index contributed by atoms with van der Waals surface area (Å²) in [5, 5.41) is 3.40. The van der Waals surface area contributed by atoms with Crippen molar-refractivity contribution in [2.75, 3.05) is 13.1 Å². The van der Waals surface area contributed by atoms with E-state index in [4.69, 9.17) is 0 Å². The molecule has 0 spiro atoms. The van der Waals surface area contributed by atoms with E-state index in [0.29, 0.717) is 18.8 Å². The van der Waals surface area contributed by atoms with E-state index in [1.54, 1.807) is 0 Å². The van der Waals surface area contributed by atoms with E-state index in [-0.39, 0.29) is 12.8 Å². The molecule has 14 heavy (non-hydrogen) atoms. The first-order valence-electron chi connectivity index (χ1n) is 5.74. The molecular formula is C11H19F2N. The van der Waals surface area contributed by atoms with Crippen LogP contribution in [0.3, 0.4) is 0 Å². The van der Waals surface area contributed by atoms with Gasteiger partial charge in [0.25, 0.3) is 0 Å². The number of halogens is 2. The highest BCUT2D eigenvalue weighted by Gasteiger charge is 2.34. The molecule has 1 N–H and O–H groups in total. The Morgan fingerprint density at radius 1 is 0.929 bits per heavy atom. The molecule has 2 aliphatic carbocycles. The van der Waals surface area contributed by atoms with Crippen molar-refractivity contribution in [2.45, 2.75) is 44.4 Å². The normalized spacial score (nSPS) is 27.9. The van der Waals surface area contributed by atoms with Crippen molar-refractivity contribution in [3.63, 3.8) is 0 Å². The first kappa shape index (κ1) is 10.3. The van der Waals surface area contributed by atoms with Gasteiger partial charge in [-0.1, -0.05) is 0 Å². The van der Waals surface area contributed by atoms with Crippen LogP contribution in [0.4, 0.5) is 8.78 Å². The molecule has 0 bridgehead atoms. The lowest BCUT2D eigenvalue weighted by atomic mass is 9.87. The largest absolute Gasteiger partial charge is 0.316 e. The van der Waals surface area contributed by atoms with Gasteiger partial charge in [0.1, 0.15) is 0 Å². The minimum atomic E-state index is -2.37. The second kappa shape index (κ2) is 4.13. The van der Waals surface area contributed by atoms with Gasteiger partial charge >= 0.3 is 0 Å². The maximum Gasteiger partial charge on any atom is 0.248 e. The van der Waals surface area contributed by atoms with Crippen LogP contribution >= 0.6 is 0 Å². The molecule has 0 unspecified atom stereocenters. The summed E-state index contributed by atoms with van der Waals surface area (Å²) in [6, 6.07) is 0. The Morgan fingerprint density at radius 2 is 1.43 bits per heavy atom. The lowest BCUT2D eigenvalue weighted by molar-refractivity contribution is -0.0454. The van der Waals surface area contributed by atoms with E-state index in [1.165, 1.54) is 12.8 Å². The van der Waals surface area contributed by atoms with Crippen molar-refractivity contribution in [3.8, 4) is 0 Å². The number of hydrogen-bond donors (Lipinski definition) is 1. The van der Waals surface area contributed by atoms with E-state index in [2.05, 4.69) is 5.32 Å². The minimum Gasteiger partial charge on any atom is -0.316 e. The van der Waals surface area contributed by atoms with Crippen LogP contribution in [0.25, 0.3) is 0 Å². The molecule has 0 saturated heterocycles. The van der Waals surface area contributed by atoms with Gasteiger partial charge in [0, 0.05) is 12.8 Å². The topological polar surface area (TPSA) is 12.0 Å². The number of hydrogen-bond acceptors (Lipinski definition) is 1. The summed E-state index contributed by atoms with van der Waals surface area (Å²) in [4.78, 5) is 0. The maximum atomic E-state index is 12.8. The van der Waals surface area contributed by atoms with Gasteiger partial charge in [0.15, 0.2) is 0 Å². The van der Waals surface area contributed by atoms with Crippen LogP contribution in [0.5, 0.6) is 0 Å². The molecule has 0 amide bonds. The number of nitrogens with one attached hydrogen (secondary N) is 1. The standard InChI is InChI=1S/C11H19F2N/c12-11(13)5-3-10(4-6-11)8-14-7-9-1-2-9/h9-10,14H,1-8H2. The van der Waals surface area contributed by atoms with Crippen molar-refractivity contribution in [1.82, 2.24) is 5.32 Å². The predicted molar refractivity (Wildman–Crippen MR) is 52.5 cm³/mol. The fourth-order valence-corrected chi connectivity index (χ4v) is 2.12. The fourth-order valence-electron chi connectivity index (χ4n) is 2.12. The van der Waals surface area contributed by atoms with Crippen molar-refractivity contribution < 1.29 is 8.78 Å². The zero-order chi connectivity index (χ0) is 10.0. The third-order valence-electron chi connectivity index (χ3n) is 3.40. The van der Waals surface area contributed by atoms with Gasteiger partial charge in [-0.3, -0.25) is 0 Å². The Bertz CT molecular complexity index is 180. The van der Waals surface area contributed by atoms with E-state index >= 15 is 0 Å². The molecular weight excluding hydrogens is 184 g/mol. The first-order valence-corrected chi connectivity index (χ1v) is 5.74. The molecule has 1 nitrogen and oxygen atoms in total. The van der Waals surface area contributed by atoms with Gasteiger partial charge in [-0.2, -0.15) is 0 Å². The lowest BCUT2D eigenvalue weighted by Crippen LogP contribution is -2.31. The van der Waals surface area contributed by atoms with Crippen LogP contribution < -0.4 is 5.32 Å². The molecule has 0 aromatic carbocycles. The molecule has 3 heteroatoms. The van der Waals surface area contributed by atoms with Crippen LogP contribution in [0.1, 0.15) is 38.5 Å². The quantitative estimate of drug-likeness (QED) is 0.740. The molecule has 0 atom stereocenters. The Labute approximate surface area is 84.3 Å². The summed E-state index contributed by atoms with van der Waals surface area (Å²) >= 11 is 0. The molecule has 2 aliphatic rings. The summed E-state index contributed by atoms with van der Waals surface area (Å²) < 4.78 is 25.6. The molecule has 0 heterocycles. The van der Waals surface area contributed by atoms with Gasteiger partial charge in [-0.05, 0) is 50.6 Å². The molecule has 0 aromatic heterocycles. The van der Waals surface area contributed by atoms with Gasteiger partial charge in [-0.15, -0.1) is 0 Å². The molecule has 2 fully saturated rings. The Morgan fingerprint density at radius 3 is 1.93 bits per heavy atom. The van der Waals surface area contributed by atoms with Gasteiger partial charge in [0.05, 0.1) is 0 Å². The van der Waals surface area contributed by atoms with Gasteiger partial charge in [0.2, 0.25) is 5.92 Å². The van der Waals surface area contributed by atoms with Crippen LogP contribution in [-0.2, 0) is 0 Å². The number of rotatable bonds is 4. The van der Waals surface area contributed by atoms with Crippen molar-refractivity contribution >= 4 is 0 Å². The first-order chi connectivity index (χ1) is 6.66. The summed E-state index contributed by atoms with van der Waals surface area (Å²) in [6.07, 6.45) is 4.31. The second-order valence-corrected chi connectivity index (χ2v) is 4.90. The Balaban J connectivity index is 1.58. The molecule has 2 rings (SSSR count). The van der Waals surface area contributed by atoms with Crippen LogP contribution in [0, 0.1) is 11.8 Å². The van der Waals surface area contributed by atoms with Crippen LogP contribution in [0.2, 0.25) is 0 Å². The lowest BCUT2D eigenvalue weighted by Gasteiger charge is -2.28. The molecule has 82 valence electrons. The summed E-state index contributed by atoms with van der Waals surface area (Å²) in [6.45, 7) is 2.06. The molecule has 0 aromatic rings. The zero-order valence-corrected chi connectivity index (χ0v) is 8.57. The number of alkyl halides is 2. The van der Waals surface area contributed by atoms with Gasteiger partial charge < -0.3 is 5.32 Å². The molecule has 0 radical (unpaired) electrons. The van der Waals surface area contributed by atoms with Crippen LogP contribution in [-0.4, -0.2) is 19.0 Å². The monoisotopic (exact) mass is 203 g/mol. The third kappa shape index (κ3) is 3.19. The molecule has 0 aliphatic heterocycles. The second-order valence-electron chi connectivity index (χ2n) is 4.90. The zero-order valence-electron chi connectivity index (χ0n) is 8.57. The maximum absolute atomic E-state index is 12.8. The van der Waals surface area contributed by atoms with Crippen LogP contribution in [0.15, 0.2) is 0 Å². The minimum absolute atomic E-state index is 0.1000.